The standard InChI is InChI=1S/C12H15F7O4/c1-7(9(20)21)5-8(2)23-4-3-22-6-10(13,14)11(15,16)12(17,18)19/h5,8H,3-4,6H2,1-2H3,(H,20,21). The van der Waals surface area contributed by atoms with Crippen molar-refractivity contribution in [2.75, 3.05) is 19.8 Å². The number of carboxylic acid groups (broad SMARTS) is 1. The van der Waals surface area contributed by atoms with Crippen molar-refractivity contribution in [1.29, 1.82) is 0 Å². The lowest BCUT2D eigenvalue weighted by molar-refractivity contribution is -0.361. The van der Waals surface area contributed by atoms with Crippen LogP contribution in [0.25, 0.3) is 0 Å². The van der Waals surface area contributed by atoms with Gasteiger partial charge < -0.3 is 14.6 Å². The van der Waals surface area contributed by atoms with E-state index < -0.39 is 49.9 Å². The summed E-state index contributed by atoms with van der Waals surface area (Å²) < 4.78 is 95.2. The third-order valence-corrected chi connectivity index (χ3v) is 2.53. The first-order valence-electron chi connectivity index (χ1n) is 6.16. The van der Waals surface area contributed by atoms with E-state index >= 15 is 0 Å². The fourth-order valence-corrected chi connectivity index (χ4v) is 1.26. The third kappa shape index (κ3) is 6.34. The van der Waals surface area contributed by atoms with Crippen LogP contribution in [0, 0.1) is 0 Å². The molecule has 4 nitrogen and oxygen atoms in total. The number of halogens is 7. The minimum atomic E-state index is -6.40. The van der Waals surface area contributed by atoms with E-state index in [4.69, 9.17) is 9.84 Å². The maximum atomic E-state index is 12.8. The Morgan fingerprint density at radius 2 is 1.65 bits per heavy atom. The van der Waals surface area contributed by atoms with Crippen molar-refractivity contribution in [3.05, 3.63) is 11.6 Å². The lowest BCUT2D eigenvalue weighted by atomic mass is 10.2. The Labute approximate surface area is 126 Å². The van der Waals surface area contributed by atoms with E-state index in [0.29, 0.717) is 0 Å². The first kappa shape index (κ1) is 21.6. The number of rotatable bonds is 9. The SMILES string of the molecule is CC(=CC(C)OCCOCC(F)(F)C(F)(F)C(F)(F)F)C(=O)O. The second-order valence-electron chi connectivity index (χ2n) is 4.56. The van der Waals surface area contributed by atoms with Gasteiger partial charge in [-0.2, -0.15) is 30.7 Å². The average Bonchev–Trinajstić information content (AvgIpc) is 2.36. The lowest BCUT2D eigenvalue weighted by Crippen LogP contribution is -2.54. The molecule has 0 bridgehead atoms. The van der Waals surface area contributed by atoms with Gasteiger partial charge in [-0.15, -0.1) is 0 Å². The van der Waals surface area contributed by atoms with Gasteiger partial charge in [-0.25, -0.2) is 4.79 Å². The predicted octanol–water partition coefficient (Wildman–Crippen LogP) is 3.27. The summed E-state index contributed by atoms with van der Waals surface area (Å²) in [5.74, 6) is -12.8. The number of alkyl halides is 7. The molecule has 136 valence electrons. The van der Waals surface area contributed by atoms with Crippen molar-refractivity contribution in [2.24, 2.45) is 0 Å². The smallest absolute Gasteiger partial charge is 0.459 e. The second kappa shape index (κ2) is 7.95. The number of hydrogen-bond donors (Lipinski definition) is 1. The van der Waals surface area contributed by atoms with Crippen LogP contribution >= 0.6 is 0 Å². The van der Waals surface area contributed by atoms with E-state index in [1.54, 1.807) is 0 Å². The summed E-state index contributed by atoms with van der Waals surface area (Å²) in [5.41, 5.74) is -0.0465. The topological polar surface area (TPSA) is 55.8 Å². The molecule has 0 aliphatic carbocycles. The van der Waals surface area contributed by atoms with Gasteiger partial charge in [0.2, 0.25) is 0 Å². The zero-order chi connectivity index (χ0) is 18.5. The number of hydrogen-bond acceptors (Lipinski definition) is 3. The normalized spacial score (nSPS) is 15.6. The van der Waals surface area contributed by atoms with Crippen molar-refractivity contribution in [3.63, 3.8) is 0 Å². The van der Waals surface area contributed by atoms with Crippen molar-refractivity contribution >= 4 is 5.97 Å². The van der Waals surface area contributed by atoms with Gasteiger partial charge in [0.05, 0.1) is 19.3 Å². The van der Waals surface area contributed by atoms with E-state index in [0.717, 1.165) is 0 Å². The highest BCUT2D eigenvalue weighted by Crippen LogP contribution is 2.46. The van der Waals surface area contributed by atoms with Crippen LogP contribution < -0.4 is 0 Å². The minimum absolute atomic E-state index is 0.0465. The maximum Gasteiger partial charge on any atom is 0.459 e. The first-order chi connectivity index (χ1) is 10.2. The molecule has 0 amide bonds. The van der Waals surface area contributed by atoms with Crippen LogP contribution in [-0.2, 0) is 14.3 Å². The fourth-order valence-electron chi connectivity index (χ4n) is 1.26. The van der Waals surface area contributed by atoms with Crippen LogP contribution in [0.1, 0.15) is 13.8 Å². The van der Waals surface area contributed by atoms with Crippen LogP contribution in [-0.4, -0.2) is 55.0 Å². The molecule has 0 aliphatic heterocycles. The van der Waals surface area contributed by atoms with Crippen molar-refractivity contribution in [1.82, 2.24) is 0 Å². The highest BCUT2D eigenvalue weighted by Gasteiger charge is 2.72. The van der Waals surface area contributed by atoms with Crippen LogP contribution in [0.15, 0.2) is 11.6 Å². The lowest BCUT2D eigenvalue weighted by Gasteiger charge is -2.27. The molecule has 0 radical (unpaired) electrons. The van der Waals surface area contributed by atoms with Crippen LogP contribution in [0.5, 0.6) is 0 Å². The Morgan fingerprint density at radius 1 is 1.13 bits per heavy atom. The highest BCUT2D eigenvalue weighted by atomic mass is 19.4. The summed E-state index contributed by atoms with van der Waals surface area (Å²) in [6.07, 6.45) is -5.95. The number of ether oxygens (including phenoxy) is 2. The molecule has 11 heteroatoms. The second-order valence-corrected chi connectivity index (χ2v) is 4.56. The average molecular weight is 356 g/mol. The van der Waals surface area contributed by atoms with Gasteiger partial charge >= 0.3 is 24.0 Å². The molecule has 1 N–H and O–H groups in total. The Kier molecular flexibility index (Phi) is 7.48. The molecule has 0 heterocycles. The van der Waals surface area contributed by atoms with Gasteiger partial charge in [0.1, 0.15) is 6.61 Å². The Bertz CT molecular complexity index is 432. The summed E-state index contributed by atoms with van der Waals surface area (Å²) in [5, 5.41) is 8.58. The van der Waals surface area contributed by atoms with E-state index in [9.17, 15) is 35.5 Å². The Hall–Kier alpha value is -1.36. The molecule has 0 aromatic heterocycles. The number of carboxylic acids is 1. The highest BCUT2D eigenvalue weighted by molar-refractivity contribution is 5.85. The Balaban J connectivity index is 4.28. The molecule has 0 fully saturated rings. The minimum Gasteiger partial charge on any atom is -0.478 e. The summed E-state index contributed by atoms with van der Waals surface area (Å²) in [6.45, 7) is -0.523. The van der Waals surface area contributed by atoms with Crippen molar-refractivity contribution in [2.45, 2.75) is 38.0 Å². The predicted molar refractivity (Wildman–Crippen MR) is 63.6 cm³/mol. The van der Waals surface area contributed by atoms with Gasteiger partial charge in [-0.3, -0.25) is 0 Å². The largest absolute Gasteiger partial charge is 0.478 e. The molecule has 1 unspecified atom stereocenters. The monoisotopic (exact) mass is 356 g/mol. The van der Waals surface area contributed by atoms with Gasteiger partial charge in [0.15, 0.2) is 0 Å². The number of carbonyl (C=O) groups is 1. The van der Waals surface area contributed by atoms with E-state index in [2.05, 4.69) is 4.74 Å². The molecule has 0 saturated carbocycles. The van der Waals surface area contributed by atoms with Crippen LogP contribution in [0.2, 0.25) is 0 Å². The summed E-state index contributed by atoms with van der Waals surface area (Å²) in [4.78, 5) is 10.5. The quantitative estimate of drug-likeness (QED) is 0.391. The van der Waals surface area contributed by atoms with Gasteiger partial charge in [-0.05, 0) is 19.9 Å². The summed E-state index contributed by atoms with van der Waals surface area (Å²) in [6, 6.07) is 0. The Morgan fingerprint density at radius 3 is 2.09 bits per heavy atom. The van der Waals surface area contributed by atoms with Crippen LogP contribution in [0.3, 0.4) is 0 Å². The first-order valence-corrected chi connectivity index (χ1v) is 6.16. The molecule has 0 aromatic carbocycles. The number of aliphatic carboxylic acids is 1. The molecule has 1 atom stereocenters. The molecule has 0 spiro atoms. The zero-order valence-corrected chi connectivity index (χ0v) is 12.1. The zero-order valence-electron chi connectivity index (χ0n) is 12.1. The van der Waals surface area contributed by atoms with Crippen molar-refractivity contribution < 1.29 is 50.1 Å². The van der Waals surface area contributed by atoms with Gasteiger partial charge in [0.25, 0.3) is 0 Å². The molecular formula is C12H15F7O4. The maximum absolute atomic E-state index is 12.8. The molecule has 0 saturated heterocycles. The third-order valence-electron chi connectivity index (χ3n) is 2.53. The van der Waals surface area contributed by atoms with Gasteiger partial charge in [-0.1, -0.05) is 0 Å². The molecule has 23 heavy (non-hydrogen) atoms. The molecule has 0 rings (SSSR count). The molecule has 0 aliphatic rings. The van der Waals surface area contributed by atoms with Crippen LogP contribution in [0.4, 0.5) is 30.7 Å². The fraction of sp³-hybridized carbons (Fsp3) is 0.750. The van der Waals surface area contributed by atoms with E-state index in [1.165, 1.54) is 19.9 Å². The van der Waals surface area contributed by atoms with E-state index in [1.807, 2.05) is 0 Å². The van der Waals surface area contributed by atoms with E-state index in [-0.39, 0.29) is 5.57 Å². The van der Waals surface area contributed by atoms with Gasteiger partial charge in [0, 0.05) is 5.57 Å². The summed E-state index contributed by atoms with van der Waals surface area (Å²) in [7, 11) is 0. The molecular weight excluding hydrogens is 341 g/mol. The molecule has 0 aromatic rings. The van der Waals surface area contributed by atoms with Crippen molar-refractivity contribution in [3.8, 4) is 0 Å². The summed E-state index contributed by atoms with van der Waals surface area (Å²) >= 11 is 0.